The number of furan rings is 1. The number of rotatable bonds is 4. The Morgan fingerprint density at radius 3 is 1.53 bits per heavy atom. The van der Waals surface area contributed by atoms with E-state index in [9.17, 15) is 24.6 Å². The third-order valence-electron chi connectivity index (χ3n) is 0.920. The van der Waals surface area contributed by atoms with E-state index in [-0.39, 0.29) is 0 Å². The second kappa shape index (κ2) is 3.66. The van der Waals surface area contributed by atoms with Crippen molar-refractivity contribution in [3.8, 4) is 11.9 Å². The van der Waals surface area contributed by atoms with E-state index in [1.165, 1.54) is 0 Å². The quantitative estimate of drug-likeness (QED) is 0.728. The first-order valence-corrected chi connectivity index (χ1v) is 5.65. The van der Waals surface area contributed by atoms with Gasteiger partial charge in [-0.25, -0.2) is 0 Å². The van der Waals surface area contributed by atoms with Gasteiger partial charge in [0.15, 0.2) is 0 Å². The summed E-state index contributed by atoms with van der Waals surface area (Å²) in [5.41, 5.74) is 0. The lowest BCUT2D eigenvalue weighted by Gasteiger charge is -1.94. The van der Waals surface area contributed by atoms with Crippen LogP contribution in [0.15, 0.2) is 16.5 Å². The predicted octanol–water partition coefficient (Wildman–Crippen LogP) is 0.466. The maximum Gasteiger partial charge on any atom is 0.491 e. The zero-order chi connectivity index (χ0) is 11.7. The maximum absolute atomic E-state index is 11.9. The highest BCUT2D eigenvalue weighted by Crippen LogP contribution is 2.25. The van der Waals surface area contributed by atoms with Crippen molar-refractivity contribution in [1.82, 2.24) is 0 Å². The van der Waals surface area contributed by atoms with E-state index in [4.69, 9.17) is 0 Å². The highest BCUT2D eigenvalue weighted by Gasteiger charge is 2.17. The first-order chi connectivity index (χ1) is 6.66. The van der Waals surface area contributed by atoms with Crippen LogP contribution in [0.5, 0.6) is 11.9 Å². The molecule has 11 heteroatoms. The Hall–Kier alpha value is -1.36. The van der Waals surface area contributed by atoms with Gasteiger partial charge < -0.3 is 12.8 Å². The van der Waals surface area contributed by atoms with Gasteiger partial charge in [0, 0.05) is 12.1 Å². The van der Waals surface area contributed by atoms with Gasteiger partial charge in [-0.2, -0.15) is 16.8 Å². The van der Waals surface area contributed by atoms with Crippen LogP contribution in [0.4, 0.5) is 7.77 Å². The molecule has 0 saturated carbocycles. The van der Waals surface area contributed by atoms with Gasteiger partial charge in [0.2, 0.25) is 0 Å². The lowest BCUT2D eigenvalue weighted by Crippen LogP contribution is -2.01. The molecule has 0 amide bonds. The second-order valence-corrected chi connectivity index (χ2v) is 3.93. The van der Waals surface area contributed by atoms with E-state index < -0.39 is 32.9 Å². The van der Waals surface area contributed by atoms with Crippen molar-refractivity contribution in [1.29, 1.82) is 0 Å². The molecule has 0 spiro atoms. The van der Waals surface area contributed by atoms with Crippen molar-refractivity contribution >= 4 is 21.0 Å². The average molecular weight is 264 g/mol. The van der Waals surface area contributed by atoms with Crippen LogP contribution in [-0.4, -0.2) is 16.8 Å². The molecule has 0 aromatic carbocycles. The van der Waals surface area contributed by atoms with Gasteiger partial charge in [-0.05, 0) is 0 Å². The number of hydrogen-bond donors (Lipinski definition) is 0. The van der Waals surface area contributed by atoms with Gasteiger partial charge in [-0.15, -0.1) is 0 Å². The molecule has 0 fully saturated rings. The third kappa shape index (κ3) is 4.60. The van der Waals surface area contributed by atoms with Crippen LogP contribution < -0.4 is 8.37 Å². The minimum Gasteiger partial charge on any atom is -0.391 e. The lowest BCUT2D eigenvalue weighted by atomic mass is 10.6. The zero-order valence-electron chi connectivity index (χ0n) is 6.58. The molecule has 0 unspecified atom stereocenters. The smallest absolute Gasteiger partial charge is 0.391 e. The molecule has 0 aliphatic carbocycles. The average Bonchev–Trinajstić information content (AvgIpc) is 2.28. The summed E-state index contributed by atoms with van der Waals surface area (Å²) in [4.78, 5) is 0. The molecule has 0 saturated heterocycles. The summed E-state index contributed by atoms with van der Waals surface area (Å²) < 4.78 is 74.6. The second-order valence-electron chi connectivity index (χ2n) is 2.03. The first-order valence-electron chi connectivity index (χ1n) is 3.04. The number of halogens is 2. The summed E-state index contributed by atoms with van der Waals surface area (Å²) in [5, 5.41) is 0. The van der Waals surface area contributed by atoms with Crippen LogP contribution in [0.3, 0.4) is 0 Å². The summed E-state index contributed by atoms with van der Waals surface area (Å²) >= 11 is 0. The summed E-state index contributed by atoms with van der Waals surface area (Å²) in [5.74, 6) is -1.81. The molecule has 0 aliphatic rings. The molecule has 7 nitrogen and oxygen atoms in total. The van der Waals surface area contributed by atoms with Crippen molar-refractivity contribution in [2.24, 2.45) is 0 Å². The zero-order valence-corrected chi connectivity index (χ0v) is 8.22. The van der Waals surface area contributed by atoms with Crippen molar-refractivity contribution < 1.29 is 37.4 Å². The highest BCUT2D eigenvalue weighted by molar-refractivity contribution is 7.82. The lowest BCUT2D eigenvalue weighted by molar-refractivity contribution is 0.309. The Balaban J connectivity index is 2.82. The Morgan fingerprint density at radius 1 is 0.933 bits per heavy atom. The van der Waals surface area contributed by atoms with Crippen molar-refractivity contribution in [3.63, 3.8) is 0 Å². The largest absolute Gasteiger partial charge is 0.491 e. The molecule has 0 atom stereocenters. The standard InChI is InChI=1S/C4H2F2O7S2/c5-14(7,8)12-3-1-2-4(11-3)13-15(6,9)10/h1-2H. The Bertz CT molecular complexity index is 493. The molecule has 1 aromatic rings. The highest BCUT2D eigenvalue weighted by atomic mass is 32.3. The van der Waals surface area contributed by atoms with E-state index >= 15 is 0 Å². The van der Waals surface area contributed by atoms with Crippen LogP contribution in [0.1, 0.15) is 0 Å². The fraction of sp³-hybridized carbons (Fsp3) is 0. The SMILES string of the molecule is O=S(=O)(F)Oc1ccc(OS(=O)(=O)F)o1. The molecule has 1 aromatic heterocycles. The summed E-state index contributed by atoms with van der Waals surface area (Å²) in [7, 11) is -10.6. The summed E-state index contributed by atoms with van der Waals surface area (Å²) in [6.07, 6.45) is 0. The minimum absolute atomic E-state index is 0.720. The molecule has 15 heavy (non-hydrogen) atoms. The molecule has 1 rings (SSSR count). The van der Waals surface area contributed by atoms with Gasteiger partial charge in [-0.3, -0.25) is 0 Å². The Kier molecular flexibility index (Phi) is 2.86. The van der Waals surface area contributed by atoms with Crippen LogP contribution in [0.25, 0.3) is 0 Å². The molecule has 86 valence electrons. The van der Waals surface area contributed by atoms with E-state index in [1.54, 1.807) is 0 Å². The van der Waals surface area contributed by atoms with E-state index in [2.05, 4.69) is 12.8 Å². The van der Waals surface area contributed by atoms with Crippen molar-refractivity contribution in [2.45, 2.75) is 0 Å². The normalized spacial score (nSPS) is 12.4. The molecular formula is C4H2F2O7S2. The van der Waals surface area contributed by atoms with Crippen molar-refractivity contribution in [3.05, 3.63) is 12.1 Å². The molecule has 0 aliphatic heterocycles. The third-order valence-corrected chi connectivity index (χ3v) is 1.65. The van der Waals surface area contributed by atoms with Gasteiger partial charge in [0.1, 0.15) is 0 Å². The van der Waals surface area contributed by atoms with Gasteiger partial charge in [-0.1, -0.05) is 7.77 Å². The Morgan fingerprint density at radius 2 is 1.27 bits per heavy atom. The molecule has 1 heterocycles. The topological polar surface area (TPSA) is 99.9 Å². The van der Waals surface area contributed by atoms with E-state index in [0.29, 0.717) is 0 Å². The fourth-order valence-corrected chi connectivity index (χ4v) is 1.16. The van der Waals surface area contributed by atoms with Gasteiger partial charge in [0.25, 0.3) is 0 Å². The fourth-order valence-electron chi connectivity index (χ4n) is 0.589. The van der Waals surface area contributed by atoms with Gasteiger partial charge in [0.05, 0.1) is 0 Å². The molecule has 0 radical (unpaired) electrons. The van der Waals surface area contributed by atoms with E-state index in [1.807, 2.05) is 0 Å². The maximum atomic E-state index is 11.9. The minimum atomic E-state index is -5.30. The van der Waals surface area contributed by atoms with Crippen LogP contribution in [0.2, 0.25) is 0 Å². The molecule has 0 N–H and O–H groups in total. The molecule has 0 bridgehead atoms. The van der Waals surface area contributed by atoms with Crippen LogP contribution in [-0.2, 0) is 21.0 Å². The monoisotopic (exact) mass is 264 g/mol. The van der Waals surface area contributed by atoms with Crippen molar-refractivity contribution in [2.75, 3.05) is 0 Å². The first kappa shape index (κ1) is 11.7. The number of hydrogen-bond acceptors (Lipinski definition) is 7. The summed E-state index contributed by atoms with van der Waals surface area (Å²) in [6, 6.07) is 1.44. The predicted molar refractivity (Wildman–Crippen MR) is 40.0 cm³/mol. The van der Waals surface area contributed by atoms with Crippen LogP contribution >= 0.6 is 0 Å². The van der Waals surface area contributed by atoms with E-state index in [0.717, 1.165) is 12.1 Å². The Labute approximate surface area is 83.0 Å². The summed E-state index contributed by atoms with van der Waals surface area (Å²) in [6.45, 7) is 0. The molecular weight excluding hydrogens is 262 g/mol. The van der Waals surface area contributed by atoms with Crippen LogP contribution in [0, 0.1) is 0 Å². The van der Waals surface area contributed by atoms with Gasteiger partial charge >= 0.3 is 32.9 Å².